The molecule has 5 nitrogen and oxygen atoms in total. The van der Waals surface area contributed by atoms with Gasteiger partial charge in [0.05, 0.1) is 11.6 Å². The number of ether oxygens (including phenoxy) is 1. The molecule has 144 valence electrons. The molecule has 2 fully saturated rings. The minimum atomic E-state index is 0.303. The van der Waals surface area contributed by atoms with E-state index in [4.69, 9.17) is 4.74 Å². The minimum absolute atomic E-state index is 0.303. The van der Waals surface area contributed by atoms with Crippen molar-refractivity contribution in [1.82, 2.24) is 15.6 Å². The zero-order valence-corrected chi connectivity index (χ0v) is 16.4. The molecule has 2 aliphatic carbocycles. The van der Waals surface area contributed by atoms with Crippen molar-refractivity contribution in [2.75, 3.05) is 13.7 Å². The maximum Gasteiger partial charge on any atom is 0.191 e. The van der Waals surface area contributed by atoms with Gasteiger partial charge in [0.2, 0.25) is 0 Å². The number of hydrogen-bond donors (Lipinski definition) is 2. The molecule has 0 radical (unpaired) electrons. The largest absolute Gasteiger partial charge is 0.378 e. The van der Waals surface area contributed by atoms with E-state index in [0.29, 0.717) is 17.6 Å². The third-order valence-electron chi connectivity index (χ3n) is 6.41. The lowest BCUT2D eigenvalue weighted by atomic mass is 9.60. The van der Waals surface area contributed by atoms with Crippen LogP contribution in [0.25, 0.3) is 10.9 Å². The highest BCUT2D eigenvalue weighted by Gasteiger charge is 2.56. The molecule has 2 N–H and O–H groups in total. The fourth-order valence-electron chi connectivity index (χ4n) is 4.94. The molecular formula is C22H30N4O. The Labute approximate surface area is 161 Å². The summed E-state index contributed by atoms with van der Waals surface area (Å²) in [7, 11) is 1.85. The number of nitrogens with one attached hydrogen (secondary N) is 2. The highest BCUT2D eigenvalue weighted by atomic mass is 16.5. The topological polar surface area (TPSA) is 58.5 Å². The SMILES string of the molecule is CCOC1CC(NC(=NC)NCc2ccnc3ccccc23)C12CCCC2. The lowest BCUT2D eigenvalue weighted by Crippen LogP contribution is -2.65. The van der Waals surface area contributed by atoms with Gasteiger partial charge in [0.1, 0.15) is 0 Å². The molecule has 1 heterocycles. The molecule has 2 aromatic rings. The summed E-state index contributed by atoms with van der Waals surface area (Å²) in [6, 6.07) is 10.8. The summed E-state index contributed by atoms with van der Waals surface area (Å²) in [5, 5.41) is 8.38. The quantitative estimate of drug-likeness (QED) is 0.627. The third-order valence-corrected chi connectivity index (χ3v) is 6.41. The van der Waals surface area contributed by atoms with E-state index in [1.54, 1.807) is 0 Å². The van der Waals surface area contributed by atoms with Crippen molar-refractivity contribution < 1.29 is 4.74 Å². The smallest absolute Gasteiger partial charge is 0.191 e. The van der Waals surface area contributed by atoms with E-state index in [-0.39, 0.29) is 0 Å². The van der Waals surface area contributed by atoms with Crippen LogP contribution >= 0.6 is 0 Å². The van der Waals surface area contributed by atoms with Gasteiger partial charge in [-0.3, -0.25) is 9.98 Å². The monoisotopic (exact) mass is 366 g/mol. The van der Waals surface area contributed by atoms with E-state index in [1.807, 2.05) is 19.3 Å². The van der Waals surface area contributed by atoms with Crippen molar-refractivity contribution in [3.63, 3.8) is 0 Å². The number of guanidine groups is 1. The highest BCUT2D eigenvalue weighted by molar-refractivity contribution is 5.84. The Morgan fingerprint density at radius 2 is 2.07 bits per heavy atom. The van der Waals surface area contributed by atoms with Crippen molar-refractivity contribution >= 4 is 16.9 Å². The molecule has 2 saturated carbocycles. The molecular weight excluding hydrogens is 336 g/mol. The normalized spacial score (nSPS) is 24.1. The second-order valence-corrected chi connectivity index (χ2v) is 7.73. The van der Waals surface area contributed by atoms with Crippen LogP contribution in [0.4, 0.5) is 0 Å². The Morgan fingerprint density at radius 3 is 2.85 bits per heavy atom. The maximum absolute atomic E-state index is 6.03. The van der Waals surface area contributed by atoms with Crippen LogP contribution in [0.5, 0.6) is 0 Å². The Bertz CT molecular complexity index is 808. The third kappa shape index (κ3) is 3.41. The molecule has 0 amide bonds. The minimum Gasteiger partial charge on any atom is -0.378 e. The molecule has 0 bridgehead atoms. The molecule has 27 heavy (non-hydrogen) atoms. The molecule has 1 aromatic heterocycles. The van der Waals surface area contributed by atoms with Crippen LogP contribution in [-0.2, 0) is 11.3 Å². The Balaban J connectivity index is 1.41. The first-order valence-corrected chi connectivity index (χ1v) is 10.2. The lowest BCUT2D eigenvalue weighted by Gasteiger charge is -2.54. The standard InChI is InChI=1S/C22H30N4O/c1-3-27-20-14-19(22(20)11-6-7-12-22)26-21(23-2)25-15-16-10-13-24-18-9-5-4-8-17(16)18/h4-5,8-10,13,19-20H,3,6-7,11-12,14-15H2,1-2H3,(H2,23,25,26). The predicted octanol–water partition coefficient (Wildman–Crippen LogP) is 3.64. The number of hydrogen-bond acceptors (Lipinski definition) is 3. The Kier molecular flexibility index (Phi) is 5.30. The summed E-state index contributed by atoms with van der Waals surface area (Å²) >= 11 is 0. The van der Waals surface area contributed by atoms with Crippen molar-refractivity contribution in [1.29, 1.82) is 0 Å². The first kappa shape index (κ1) is 18.2. The van der Waals surface area contributed by atoms with Gasteiger partial charge in [0.15, 0.2) is 5.96 Å². The van der Waals surface area contributed by atoms with Gasteiger partial charge in [0, 0.05) is 43.2 Å². The summed E-state index contributed by atoms with van der Waals surface area (Å²) in [6.07, 6.45) is 8.52. The summed E-state index contributed by atoms with van der Waals surface area (Å²) in [6.45, 7) is 3.64. The molecule has 5 heteroatoms. The fourth-order valence-corrected chi connectivity index (χ4v) is 4.94. The van der Waals surface area contributed by atoms with E-state index in [2.05, 4.69) is 51.8 Å². The predicted molar refractivity (Wildman–Crippen MR) is 110 cm³/mol. The van der Waals surface area contributed by atoms with Crippen LogP contribution in [0.2, 0.25) is 0 Å². The van der Waals surface area contributed by atoms with Gasteiger partial charge in [0.25, 0.3) is 0 Å². The first-order chi connectivity index (χ1) is 13.3. The maximum atomic E-state index is 6.03. The summed E-state index contributed by atoms with van der Waals surface area (Å²) in [5.74, 6) is 0.877. The molecule has 0 saturated heterocycles. The van der Waals surface area contributed by atoms with Gasteiger partial charge >= 0.3 is 0 Å². The number of aliphatic imine (C=N–C) groups is 1. The van der Waals surface area contributed by atoms with Gasteiger partial charge < -0.3 is 15.4 Å². The summed E-state index contributed by atoms with van der Waals surface area (Å²) in [5.41, 5.74) is 2.57. The average Bonchev–Trinajstić information content (AvgIpc) is 3.23. The summed E-state index contributed by atoms with van der Waals surface area (Å²) < 4.78 is 6.03. The number of para-hydroxylation sites is 1. The van der Waals surface area contributed by atoms with Gasteiger partial charge in [-0.05, 0) is 43.9 Å². The second-order valence-electron chi connectivity index (χ2n) is 7.73. The van der Waals surface area contributed by atoms with Crippen LogP contribution in [0.15, 0.2) is 41.5 Å². The van der Waals surface area contributed by atoms with Crippen LogP contribution in [0.1, 0.15) is 44.6 Å². The molecule has 1 aromatic carbocycles. The number of nitrogens with zero attached hydrogens (tertiary/aromatic N) is 2. The van der Waals surface area contributed by atoms with Gasteiger partial charge in [-0.15, -0.1) is 0 Å². The van der Waals surface area contributed by atoms with Gasteiger partial charge in [-0.1, -0.05) is 31.0 Å². The van der Waals surface area contributed by atoms with E-state index in [1.165, 1.54) is 36.6 Å². The first-order valence-electron chi connectivity index (χ1n) is 10.2. The molecule has 2 unspecified atom stereocenters. The van der Waals surface area contributed by atoms with Crippen LogP contribution in [-0.4, -0.2) is 36.7 Å². The van der Waals surface area contributed by atoms with Crippen molar-refractivity contribution in [2.24, 2.45) is 10.4 Å². The molecule has 2 aliphatic rings. The van der Waals surface area contributed by atoms with Crippen molar-refractivity contribution in [3.05, 3.63) is 42.1 Å². The van der Waals surface area contributed by atoms with E-state index < -0.39 is 0 Å². The molecule has 1 spiro atoms. The Hall–Kier alpha value is -2.14. The number of fused-ring (bicyclic) bond motifs is 1. The lowest BCUT2D eigenvalue weighted by molar-refractivity contribution is -0.125. The zero-order valence-electron chi connectivity index (χ0n) is 16.4. The summed E-state index contributed by atoms with van der Waals surface area (Å²) in [4.78, 5) is 8.91. The van der Waals surface area contributed by atoms with E-state index >= 15 is 0 Å². The zero-order chi connectivity index (χ0) is 18.7. The number of aromatic nitrogens is 1. The highest BCUT2D eigenvalue weighted by Crippen LogP contribution is 2.54. The average molecular weight is 367 g/mol. The van der Waals surface area contributed by atoms with Crippen LogP contribution in [0.3, 0.4) is 0 Å². The Morgan fingerprint density at radius 1 is 1.26 bits per heavy atom. The molecule has 2 atom stereocenters. The van der Waals surface area contributed by atoms with Gasteiger partial charge in [-0.2, -0.15) is 0 Å². The number of benzene rings is 1. The fraction of sp³-hybridized carbons (Fsp3) is 0.545. The number of pyridine rings is 1. The number of rotatable bonds is 5. The molecule has 4 rings (SSSR count). The van der Waals surface area contributed by atoms with E-state index in [0.717, 1.165) is 31.0 Å². The molecule has 0 aliphatic heterocycles. The van der Waals surface area contributed by atoms with Gasteiger partial charge in [-0.25, -0.2) is 0 Å². The van der Waals surface area contributed by atoms with Crippen LogP contribution < -0.4 is 10.6 Å². The second kappa shape index (κ2) is 7.85. The van der Waals surface area contributed by atoms with Crippen molar-refractivity contribution in [3.8, 4) is 0 Å². The van der Waals surface area contributed by atoms with Crippen molar-refractivity contribution in [2.45, 2.75) is 57.7 Å². The van der Waals surface area contributed by atoms with E-state index in [9.17, 15) is 0 Å². The van der Waals surface area contributed by atoms with Crippen LogP contribution in [0, 0.1) is 5.41 Å².